The third-order valence-electron chi connectivity index (χ3n) is 3.63. The van der Waals surface area contributed by atoms with Crippen LogP contribution in [-0.4, -0.2) is 11.0 Å². The van der Waals surface area contributed by atoms with E-state index in [9.17, 15) is 10.1 Å². The lowest BCUT2D eigenvalue weighted by atomic mass is 10.1. The van der Waals surface area contributed by atoms with Gasteiger partial charge in [-0.1, -0.05) is 25.5 Å². The summed E-state index contributed by atoms with van der Waals surface area (Å²) in [5, 5.41) is 14.3. The fourth-order valence-electron chi connectivity index (χ4n) is 2.47. The van der Waals surface area contributed by atoms with Gasteiger partial charge in [0.2, 0.25) is 0 Å². The van der Waals surface area contributed by atoms with Gasteiger partial charge in [0.15, 0.2) is 0 Å². The monoisotopic (exact) mass is 248 g/mol. The van der Waals surface area contributed by atoms with Gasteiger partial charge >= 0.3 is 0 Å². The maximum atomic E-state index is 10.7. The second kappa shape index (κ2) is 5.48. The van der Waals surface area contributed by atoms with Crippen molar-refractivity contribution in [3.05, 3.63) is 39.9 Å². The van der Waals surface area contributed by atoms with E-state index < -0.39 is 0 Å². The van der Waals surface area contributed by atoms with Crippen LogP contribution >= 0.6 is 0 Å². The second-order valence-electron chi connectivity index (χ2n) is 5.13. The molecule has 0 saturated heterocycles. The minimum Gasteiger partial charge on any atom is -0.307 e. The van der Waals surface area contributed by atoms with Crippen LogP contribution in [0, 0.1) is 16.0 Å². The third kappa shape index (κ3) is 3.07. The Balaban J connectivity index is 1.95. The molecule has 0 heterocycles. The normalized spacial score (nSPS) is 23.7. The summed E-state index contributed by atoms with van der Waals surface area (Å²) in [5.74, 6) is 0.802. The summed E-state index contributed by atoms with van der Waals surface area (Å²) in [5.41, 5.74) is 1.16. The molecular weight excluding hydrogens is 228 g/mol. The molecule has 4 nitrogen and oxygen atoms in total. The van der Waals surface area contributed by atoms with E-state index in [-0.39, 0.29) is 16.7 Å². The molecule has 0 aromatic heterocycles. The van der Waals surface area contributed by atoms with Crippen LogP contribution in [0.4, 0.5) is 5.69 Å². The molecule has 1 aromatic carbocycles. The Morgan fingerprint density at radius 2 is 2.33 bits per heavy atom. The molecule has 3 unspecified atom stereocenters. The summed E-state index contributed by atoms with van der Waals surface area (Å²) < 4.78 is 0. The SMILES string of the molecule is CCCC1CC1NC(C)c1cccc([N+](=O)[O-])c1. The molecule has 98 valence electrons. The van der Waals surface area contributed by atoms with E-state index in [1.165, 1.54) is 25.3 Å². The van der Waals surface area contributed by atoms with Crippen LogP contribution in [0.1, 0.15) is 44.7 Å². The van der Waals surface area contributed by atoms with Gasteiger partial charge < -0.3 is 5.32 Å². The molecule has 1 N–H and O–H groups in total. The van der Waals surface area contributed by atoms with Crippen molar-refractivity contribution in [3.63, 3.8) is 0 Å². The number of rotatable bonds is 6. The first-order valence-electron chi connectivity index (χ1n) is 6.62. The van der Waals surface area contributed by atoms with Crippen LogP contribution in [0.15, 0.2) is 24.3 Å². The molecule has 1 aliphatic rings. The van der Waals surface area contributed by atoms with Crippen molar-refractivity contribution >= 4 is 5.69 Å². The van der Waals surface area contributed by atoms with Crippen molar-refractivity contribution < 1.29 is 4.92 Å². The number of non-ortho nitro benzene ring substituents is 1. The molecule has 0 aliphatic heterocycles. The van der Waals surface area contributed by atoms with Gasteiger partial charge in [0, 0.05) is 24.2 Å². The minimum atomic E-state index is -0.340. The summed E-state index contributed by atoms with van der Waals surface area (Å²) in [4.78, 5) is 10.4. The standard InChI is InChI=1S/C14H20N2O2/c1-3-5-12-9-14(12)15-10(2)11-6-4-7-13(8-11)16(17)18/h4,6-8,10,12,14-15H,3,5,9H2,1-2H3. The molecule has 1 saturated carbocycles. The van der Waals surface area contributed by atoms with Gasteiger partial charge in [-0.2, -0.15) is 0 Å². The first kappa shape index (κ1) is 13.0. The van der Waals surface area contributed by atoms with Crippen molar-refractivity contribution in [2.24, 2.45) is 5.92 Å². The summed E-state index contributed by atoms with van der Waals surface area (Å²) in [6.07, 6.45) is 3.75. The molecule has 1 aliphatic carbocycles. The molecule has 0 radical (unpaired) electrons. The molecule has 0 bridgehead atoms. The summed E-state index contributed by atoms with van der Waals surface area (Å²) in [7, 11) is 0. The van der Waals surface area contributed by atoms with Crippen LogP contribution in [0.25, 0.3) is 0 Å². The summed E-state index contributed by atoms with van der Waals surface area (Å²) in [6, 6.07) is 7.67. The highest BCUT2D eigenvalue weighted by molar-refractivity contribution is 5.35. The van der Waals surface area contributed by atoms with E-state index >= 15 is 0 Å². The fraction of sp³-hybridized carbons (Fsp3) is 0.571. The van der Waals surface area contributed by atoms with Gasteiger partial charge in [-0.25, -0.2) is 0 Å². The highest BCUT2D eigenvalue weighted by Crippen LogP contribution is 2.36. The molecule has 0 spiro atoms. The molecule has 4 heteroatoms. The van der Waals surface area contributed by atoms with E-state index in [0.29, 0.717) is 6.04 Å². The molecule has 0 amide bonds. The van der Waals surface area contributed by atoms with Crippen LogP contribution in [0.3, 0.4) is 0 Å². The number of nitro groups is 1. The number of hydrogen-bond donors (Lipinski definition) is 1. The van der Waals surface area contributed by atoms with Crippen LogP contribution < -0.4 is 5.32 Å². The Bertz CT molecular complexity index is 434. The lowest BCUT2D eigenvalue weighted by molar-refractivity contribution is -0.384. The first-order chi connectivity index (χ1) is 8.61. The zero-order chi connectivity index (χ0) is 13.1. The zero-order valence-electron chi connectivity index (χ0n) is 10.9. The largest absolute Gasteiger partial charge is 0.307 e. The Kier molecular flexibility index (Phi) is 3.97. The van der Waals surface area contributed by atoms with E-state index in [2.05, 4.69) is 19.2 Å². The molecule has 2 rings (SSSR count). The second-order valence-corrected chi connectivity index (χ2v) is 5.13. The van der Waals surface area contributed by atoms with Gasteiger partial charge in [-0.05, 0) is 31.2 Å². The highest BCUT2D eigenvalue weighted by Gasteiger charge is 2.36. The lowest BCUT2D eigenvalue weighted by Gasteiger charge is -2.14. The number of nitrogens with zero attached hydrogens (tertiary/aromatic N) is 1. The molecule has 18 heavy (non-hydrogen) atoms. The quantitative estimate of drug-likeness (QED) is 0.619. The fourth-order valence-corrected chi connectivity index (χ4v) is 2.47. The van der Waals surface area contributed by atoms with Gasteiger partial charge in [0.1, 0.15) is 0 Å². The maximum Gasteiger partial charge on any atom is 0.269 e. The maximum absolute atomic E-state index is 10.7. The predicted octanol–water partition coefficient (Wildman–Crippen LogP) is 3.43. The van der Waals surface area contributed by atoms with Crippen LogP contribution in [-0.2, 0) is 0 Å². The number of hydrogen-bond acceptors (Lipinski definition) is 3. The average Bonchev–Trinajstić information content (AvgIpc) is 3.08. The number of nitrogens with one attached hydrogen (secondary N) is 1. The number of benzene rings is 1. The van der Waals surface area contributed by atoms with Crippen LogP contribution in [0.2, 0.25) is 0 Å². The van der Waals surface area contributed by atoms with Crippen molar-refractivity contribution in [1.82, 2.24) is 5.32 Å². The van der Waals surface area contributed by atoms with E-state index in [0.717, 1.165) is 11.5 Å². The Labute approximate surface area is 108 Å². The molecular formula is C14H20N2O2. The van der Waals surface area contributed by atoms with Gasteiger partial charge in [-0.3, -0.25) is 10.1 Å². The molecule has 1 aromatic rings. The molecule has 3 atom stereocenters. The van der Waals surface area contributed by atoms with Crippen LogP contribution in [0.5, 0.6) is 0 Å². The van der Waals surface area contributed by atoms with E-state index in [1.54, 1.807) is 12.1 Å². The smallest absolute Gasteiger partial charge is 0.269 e. The lowest BCUT2D eigenvalue weighted by Crippen LogP contribution is -2.22. The van der Waals surface area contributed by atoms with Gasteiger partial charge in [-0.15, -0.1) is 0 Å². The predicted molar refractivity (Wildman–Crippen MR) is 71.5 cm³/mol. The zero-order valence-corrected chi connectivity index (χ0v) is 10.9. The van der Waals surface area contributed by atoms with E-state index in [1.807, 2.05) is 6.07 Å². The van der Waals surface area contributed by atoms with Gasteiger partial charge in [0.25, 0.3) is 5.69 Å². The first-order valence-corrected chi connectivity index (χ1v) is 6.62. The summed E-state index contributed by atoms with van der Waals surface area (Å²) >= 11 is 0. The van der Waals surface area contributed by atoms with Crippen molar-refractivity contribution in [2.75, 3.05) is 0 Å². The highest BCUT2D eigenvalue weighted by atomic mass is 16.6. The minimum absolute atomic E-state index is 0.169. The van der Waals surface area contributed by atoms with Crippen molar-refractivity contribution in [3.8, 4) is 0 Å². The topological polar surface area (TPSA) is 55.2 Å². The summed E-state index contributed by atoms with van der Waals surface area (Å²) in [6.45, 7) is 4.28. The third-order valence-corrected chi connectivity index (χ3v) is 3.63. The Morgan fingerprint density at radius 1 is 1.56 bits per heavy atom. The Morgan fingerprint density at radius 3 is 3.00 bits per heavy atom. The number of nitro benzene ring substituents is 1. The van der Waals surface area contributed by atoms with Crippen molar-refractivity contribution in [2.45, 2.75) is 45.2 Å². The van der Waals surface area contributed by atoms with E-state index in [4.69, 9.17) is 0 Å². The molecule has 1 fully saturated rings. The van der Waals surface area contributed by atoms with Crippen molar-refractivity contribution in [1.29, 1.82) is 0 Å². The average molecular weight is 248 g/mol. The van der Waals surface area contributed by atoms with Gasteiger partial charge in [0.05, 0.1) is 4.92 Å². The Hall–Kier alpha value is -1.42.